The van der Waals surface area contributed by atoms with E-state index in [9.17, 15) is 18.0 Å². The van der Waals surface area contributed by atoms with E-state index in [4.69, 9.17) is 4.74 Å². The topological polar surface area (TPSA) is 96.0 Å². The molecule has 1 aliphatic carbocycles. The predicted molar refractivity (Wildman–Crippen MR) is 141 cm³/mol. The molecule has 0 spiro atoms. The van der Waals surface area contributed by atoms with Crippen molar-refractivity contribution in [1.29, 1.82) is 0 Å². The fraction of sp³-hybridized carbons (Fsp3) is 0.481. The van der Waals surface area contributed by atoms with Crippen LogP contribution < -0.4 is 14.4 Å². The predicted octanol–water partition coefficient (Wildman–Crippen LogP) is 3.64. The number of sulfonamides is 1. The SMILES string of the molecule is CC[C@H](C(=O)NC1CCCC1)N(Cc1cccc(C)c1)C(=O)CN(c1ccc(OC)cc1)S(C)(=O)=O. The van der Waals surface area contributed by atoms with Crippen molar-refractivity contribution in [3.05, 3.63) is 59.7 Å². The number of nitrogens with one attached hydrogen (secondary N) is 1. The summed E-state index contributed by atoms with van der Waals surface area (Å²) in [7, 11) is -2.25. The van der Waals surface area contributed by atoms with Gasteiger partial charge in [-0.05, 0) is 56.0 Å². The van der Waals surface area contributed by atoms with Gasteiger partial charge in [-0.25, -0.2) is 8.42 Å². The first-order valence-corrected chi connectivity index (χ1v) is 14.2. The van der Waals surface area contributed by atoms with Gasteiger partial charge in [-0.3, -0.25) is 13.9 Å². The number of rotatable bonds is 11. The van der Waals surface area contributed by atoms with E-state index in [0.717, 1.165) is 47.4 Å². The highest BCUT2D eigenvalue weighted by molar-refractivity contribution is 7.92. The van der Waals surface area contributed by atoms with Crippen LogP contribution in [-0.2, 0) is 26.2 Å². The molecule has 36 heavy (non-hydrogen) atoms. The molecule has 0 aromatic heterocycles. The monoisotopic (exact) mass is 515 g/mol. The molecule has 2 aromatic rings. The number of hydrogen-bond donors (Lipinski definition) is 1. The van der Waals surface area contributed by atoms with Crippen LogP contribution in [0, 0.1) is 6.92 Å². The fourth-order valence-electron chi connectivity index (χ4n) is 4.66. The van der Waals surface area contributed by atoms with Gasteiger partial charge in [0.2, 0.25) is 21.8 Å². The van der Waals surface area contributed by atoms with Gasteiger partial charge in [0, 0.05) is 12.6 Å². The van der Waals surface area contributed by atoms with Crippen molar-refractivity contribution in [1.82, 2.24) is 10.2 Å². The molecule has 1 N–H and O–H groups in total. The van der Waals surface area contributed by atoms with Crippen molar-refractivity contribution in [2.24, 2.45) is 0 Å². The largest absolute Gasteiger partial charge is 0.497 e. The zero-order valence-corrected chi connectivity index (χ0v) is 22.4. The normalized spacial score (nSPS) is 14.8. The Morgan fingerprint density at radius 1 is 1.11 bits per heavy atom. The molecule has 0 saturated heterocycles. The van der Waals surface area contributed by atoms with Crippen LogP contribution in [0.15, 0.2) is 48.5 Å². The van der Waals surface area contributed by atoms with E-state index < -0.39 is 28.5 Å². The molecule has 196 valence electrons. The maximum Gasteiger partial charge on any atom is 0.244 e. The first-order valence-electron chi connectivity index (χ1n) is 12.4. The Morgan fingerprint density at radius 2 is 1.78 bits per heavy atom. The molecule has 0 radical (unpaired) electrons. The van der Waals surface area contributed by atoms with E-state index in [1.807, 2.05) is 38.1 Å². The number of anilines is 1. The molecule has 0 aliphatic heterocycles. The standard InChI is InChI=1S/C27H37N3O5S/c1-5-25(27(32)28-22-11-6-7-12-22)29(18-21-10-8-9-20(2)17-21)26(31)19-30(36(4,33)34)23-13-15-24(35-3)16-14-23/h8-10,13-17,22,25H,5-7,11-12,18-19H2,1-4H3,(H,28,32)/t25-/m1/s1. The summed E-state index contributed by atoms with van der Waals surface area (Å²) in [5.74, 6) is -0.0545. The lowest BCUT2D eigenvalue weighted by Crippen LogP contribution is -2.53. The van der Waals surface area contributed by atoms with Gasteiger partial charge in [0.15, 0.2) is 0 Å². The average molecular weight is 516 g/mol. The van der Waals surface area contributed by atoms with Crippen LogP contribution >= 0.6 is 0 Å². The van der Waals surface area contributed by atoms with Gasteiger partial charge in [-0.1, -0.05) is 49.6 Å². The van der Waals surface area contributed by atoms with Crippen LogP contribution in [0.4, 0.5) is 5.69 Å². The van der Waals surface area contributed by atoms with Crippen LogP contribution in [0.3, 0.4) is 0 Å². The Labute approximate surface area is 214 Å². The smallest absolute Gasteiger partial charge is 0.244 e. The third-order valence-electron chi connectivity index (χ3n) is 6.56. The minimum absolute atomic E-state index is 0.120. The Hall–Kier alpha value is -3.07. The van der Waals surface area contributed by atoms with Crippen LogP contribution in [0.1, 0.15) is 50.2 Å². The molecule has 9 heteroatoms. The molecule has 8 nitrogen and oxygen atoms in total. The van der Waals surface area contributed by atoms with E-state index in [-0.39, 0.29) is 18.5 Å². The number of ether oxygens (including phenoxy) is 1. The minimum Gasteiger partial charge on any atom is -0.497 e. The Balaban J connectivity index is 1.91. The molecule has 2 aromatic carbocycles. The number of hydrogen-bond acceptors (Lipinski definition) is 5. The summed E-state index contributed by atoms with van der Waals surface area (Å²) >= 11 is 0. The Bertz CT molecular complexity index is 1140. The first kappa shape index (κ1) is 27.5. The van der Waals surface area contributed by atoms with Crippen LogP contribution in [-0.4, -0.2) is 57.1 Å². The Morgan fingerprint density at radius 3 is 2.33 bits per heavy atom. The molecule has 2 amide bonds. The molecule has 3 rings (SSSR count). The molecule has 1 atom stereocenters. The highest BCUT2D eigenvalue weighted by atomic mass is 32.2. The quantitative estimate of drug-likeness (QED) is 0.493. The van der Waals surface area contributed by atoms with Crippen molar-refractivity contribution in [2.75, 3.05) is 24.2 Å². The lowest BCUT2D eigenvalue weighted by molar-refractivity contribution is -0.140. The molecule has 0 bridgehead atoms. The number of aryl methyl sites for hydroxylation is 1. The van der Waals surface area contributed by atoms with Crippen molar-refractivity contribution < 1.29 is 22.7 Å². The highest BCUT2D eigenvalue weighted by Gasteiger charge is 2.33. The number of carbonyl (C=O) groups excluding carboxylic acids is 2. The molecule has 0 heterocycles. The number of carbonyl (C=O) groups is 2. The maximum atomic E-state index is 13.7. The summed E-state index contributed by atoms with van der Waals surface area (Å²) in [5.41, 5.74) is 2.27. The molecular formula is C27H37N3O5S. The summed E-state index contributed by atoms with van der Waals surface area (Å²) in [6, 6.07) is 13.7. The van der Waals surface area contributed by atoms with Crippen molar-refractivity contribution in [2.45, 2.75) is 64.6 Å². The van der Waals surface area contributed by atoms with Gasteiger partial charge >= 0.3 is 0 Å². The minimum atomic E-state index is -3.77. The van der Waals surface area contributed by atoms with Crippen LogP contribution in [0.5, 0.6) is 5.75 Å². The number of amides is 2. The van der Waals surface area contributed by atoms with Gasteiger partial charge in [-0.2, -0.15) is 0 Å². The van der Waals surface area contributed by atoms with Gasteiger partial charge in [0.1, 0.15) is 18.3 Å². The second-order valence-corrected chi connectivity index (χ2v) is 11.3. The fourth-order valence-corrected chi connectivity index (χ4v) is 5.51. The maximum absolute atomic E-state index is 13.7. The van der Waals surface area contributed by atoms with Gasteiger partial charge in [0.25, 0.3) is 0 Å². The van der Waals surface area contributed by atoms with Crippen molar-refractivity contribution in [3.63, 3.8) is 0 Å². The lowest BCUT2D eigenvalue weighted by Gasteiger charge is -2.33. The van der Waals surface area contributed by atoms with Gasteiger partial charge in [-0.15, -0.1) is 0 Å². The summed E-state index contributed by atoms with van der Waals surface area (Å²) < 4.78 is 31.6. The van der Waals surface area contributed by atoms with E-state index >= 15 is 0 Å². The average Bonchev–Trinajstić information content (AvgIpc) is 3.34. The van der Waals surface area contributed by atoms with Crippen molar-refractivity contribution >= 4 is 27.5 Å². The van der Waals surface area contributed by atoms with Gasteiger partial charge in [0.05, 0.1) is 19.1 Å². The van der Waals surface area contributed by atoms with Crippen molar-refractivity contribution in [3.8, 4) is 5.75 Å². The summed E-state index contributed by atoms with van der Waals surface area (Å²) in [6.45, 7) is 3.63. The number of nitrogens with zero attached hydrogens (tertiary/aromatic N) is 2. The van der Waals surface area contributed by atoms with E-state index in [1.165, 1.54) is 12.0 Å². The number of methoxy groups -OCH3 is 1. The molecule has 1 aliphatic rings. The van der Waals surface area contributed by atoms with Gasteiger partial charge < -0.3 is 15.0 Å². The lowest BCUT2D eigenvalue weighted by atomic mass is 10.1. The first-order chi connectivity index (χ1) is 17.1. The zero-order chi connectivity index (χ0) is 26.3. The summed E-state index contributed by atoms with van der Waals surface area (Å²) in [6.07, 6.45) is 5.52. The second kappa shape index (κ2) is 12.3. The highest BCUT2D eigenvalue weighted by Crippen LogP contribution is 2.23. The van der Waals surface area contributed by atoms with E-state index in [1.54, 1.807) is 24.3 Å². The van der Waals surface area contributed by atoms with E-state index in [0.29, 0.717) is 17.9 Å². The van der Waals surface area contributed by atoms with Crippen LogP contribution in [0.25, 0.3) is 0 Å². The third-order valence-corrected chi connectivity index (χ3v) is 7.70. The summed E-state index contributed by atoms with van der Waals surface area (Å²) in [4.78, 5) is 28.6. The third kappa shape index (κ3) is 7.22. The summed E-state index contributed by atoms with van der Waals surface area (Å²) in [5, 5.41) is 3.11. The molecular weight excluding hydrogens is 478 g/mol. The number of benzene rings is 2. The molecule has 1 fully saturated rings. The van der Waals surface area contributed by atoms with E-state index in [2.05, 4.69) is 5.32 Å². The second-order valence-electron chi connectivity index (χ2n) is 9.39. The zero-order valence-electron chi connectivity index (χ0n) is 21.6. The van der Waals surface area contributed by atoms with Crippen LogP contribution in [0.2, 0.25) is 0 Å². The molecule has 1 saturated carbocycles. The molecule has 0 unspecified atom stereocenters. The Kier molecular flexibility index (Phi) is 9.37.